The van der Waals surface area contributed by atoms with Gasteiger partial charge in [0.25, 0.3) is 0 Å². The lowest BCUT2D eigenvalue weighted by atomic mass is 10.7. The zero-order valence-corrected chi connectivity index (χ0v) is 2.99. The maximum absolute atomic E-state index is 9.58. The fourth-order valence-electron chi connectivity index (χ4n) is 0. The van der Waals surface area contributed by atoms with Crippen LogP contribution in [0.1, 0.15) is 6.92 Å². The van der Waals surface area contributed by atoms with Crippen LogP contribution >= 0.6 is 0 Å². The molecule has 0 fully saturated rings. The Bertz CT molecular complexity index is 42.2. The number of carbonyl (C=O) groups is 1. The first-order valence-electron chi connectivity index (χ1n) is 1.24. The summed E-state index contributed by atoms with van der Waals surface area (Å²) in [6, 6.07) is 0. The molecule has 5 heavy (non-hydrogen) atoms. The van der Waals surface area contributed by atoms with Gasteiger partial charge in [-0.2, -0.15) is 0 Å². The highest BCUT2D eigenvalue weighted by Gasteiger charge is 1.73. The van der Waals surface area contributed by atoms with E-state index in [1.807, 2.05) is 5.32 Å². The molecule has 0 atom stereocenters. The summed E-state index contributed by atoms with van der Waals surface area (Å²) in [5.74, 6) is -0.218. The molecule has 0 aromatic carbocycles. The number of hydrogen-bond acceptors (Lipinski definition) is 1. The van der Waals surface area contributed by atoms with Crippen molar-refractivity contribution in [2.45, 2.75) is 6.92 Å². The van der Waals surface area contributed by atoms with Crippen LogP contribution in [0.4, 0.5) is 0 Å². The second kappa shape index (κ2) is 1.76. The summed E-state index contributed by atoms with van der Waals surface area (Å²) >= 11 is 0. The molecule has 0 saturated heterocycles. The van der Waals surface area contributed by atoms with Gasteiger partial charge in [-0.1, -0.05) is 0 Å². The van der Waals surface area contributed by atoms with Crippen molar-refractivity contribution < 1.29 is 4.79 Å². The number of hydrogen-bond donors (Lipinski definition) is 1. The fourth-order valence-corrected chi connectivity index (χ4v) is 0. The Morgan fingerprint density at radius 1 is 2.00 bits per heavy atom. The molecular formula is C3H5NO. The van der Waals surface area contributed by atoms with E-state index in [1.54, 1.807) is 0 Å². The van der Waals surface area contributed by atoms with Crippen LogP contribution in [0.25, 0.3) is 0 Å². The highest BCUT2D eigenvalue weighted by atomic mass is 16.1. The molecule has 0 aromatic heterocycles. The molecule has 2 heteroatoms. The molecule has 2 radical (unpaired) electrons. The third-order valence-corrected chi connectivity index (χ3v) is 0.203. The monoisotopic (exact) mass is 71.0 g/mol. The summed E-state index contributed by atoms with van der Waals surface area (Å²) in [4.78, 5) is 9.58. The van der Waals surface area contributed by atoms with Gasteiger partial charge in [0.05, 0.1) is 7.05 Å². The predicted molar refractivity (Wildman–Crippen MR) is 18.1 cm³/mol. The Balaban J connectivity index is 2.85. The van der Waals surface area contributed by atoms with Crippen molar-refractivity contribution in [3.05, 3.63) is 7.05 Å². The van der Waals surface area contributed by atoms with Crippen LogP contribution in [-0.4, -0.2) is 5.91 Å². The van der Waals surface area contributed by atoms with Crippen molar-refractivity contribution in [1.29, 1.82) is 0 Å². The molecule has 1 amide bonds. The summed E-state index contributed by atoms with van der Waals surface area (Å²) in [5.41, 5.74) is 0. The minimum absolute atomic E-state index is 0.218. The molecule has 0 bridgehead atoms. The number of nitrogens with one attached hydrogen (secondary N) is 1. The third-order valence-electron chi connectivity index (χ3n) is 0.203. The second-order valence-electron chi connectivity index (χ2n) is 0.701. The second-order valence-corrected chi connectivity index (χ2v) is 0.701. The van der Waals surface area contributed by atoms with Crippen molar-refractivity contribution >= 4 is 5.91 Å². The van der Waals surface area contributed by atoms with Crippen LogP contribution in [0, 0.1) is 7.05 Å². The lowest BCUT2D eigenvalue weighted by Gasteiger charge is -1.78. The number of carbonyl (C=O) groups excluding carboxylic acids is 1. The van der Waals surface area contributed by atoms with Crippen LogP contribution in [-0.2, 0) is 4.79 Å². The Kier molecular flexibility index (Phi) is 1.57. The standard InChI is InChI=1S/C3H5NO/c1-3(5)4-2/h2H,1H3,(H,4,5). The summed E-state index contributed by atoms with van der Waals surface area (Å²) in [7, 11) is 4.57. The summed E-state index contributed by atoms with van der Waals surface area (Å²) in [6.07, 6.45) is 0. The van der Waals surface area contributed by atoms with Crippen molar-refractivity contribution in [2.24, 2.45) is 0 Å². The molecule has 0 aliphatic rings. The molecule has 0 spiro atoms. The van der Waals surface area contributed by atoms with E-state index in [1.165, 1.54) is 6.92 Å². The first kappa shape index (κ1) is 4.47. The highest BCUT2D eigenvalue weighted by Crippen LogP contribution is 1.47. The lowest BCUT2D eigenvalue weighted by Crippen LogP contribution is -2.08. The largest absolute Gasteiger partial charge is 0.349 e. The number of rotatable bonds is 0. The van der Waals surface area contributed by atoms with Crippen molar-refractivity contribution in [3.63, 3.8) is 0 Å². The topological polar surface area (TPSA) is 29.1 Å². The molecule has 2 nitrogen and oxygen atoms in total. The van der Waals surface area contributed by atoms with Gasteiger partial charge in [0.15, 0.2) is 0 Å². The molecule has 0 saturated carbocycles. The summed E-state index contributed by atoms with van der Waals surface area (Å²) in [5, 5.41) is 1.89. The normalized spacial score (nSPS) is 6.80. The Morgan fingerprint density at radius 3 is 2.20 bits per heavy atom. The molecule has 1 N–H and O–H groups in total. The van der Waals surface area contributed by atoms with E-state index in [4.69, 9.17) is 0 Å². The van der Waals surface area contributed by atoms with E-state index in [0.717, 1.165) is 0 Å². The molecule has 0 aliphatic carbocycles. The first-order chi connectivity index (χ1) is 2.27. The maximum atomic E-state index is 9.58. The van der Waals surface area contributed by atoms with Gasteiger partial charge in [-0.15, -0.1) is 0 Å². The molecule has 0 unspecified atom stereocenters. The van der Waals surface area contributed by atoms with Gasteiger partial charge in [-0.3, -0.25) is 4.79 Å². The summed E-state index contributed by atoms with van der Waals surface area (Å²) < 4.78 is 0. The average molecular weight is 71.1 g/mol. The van der Waals surface area contributed by atoms with E-state index in [-0.39, 0.29) is 5.91 Å². The van der Waals surface area contributed by atoms with Crippen LogP contribution < -0.4 is 5.32 Å². The van der Waals surface area contributed by atoms with Gasteiger partial charge in [-0.05, 0) is 0 Å². The Morgan fingerprint density at radius 2 is 2.20 bits per heavy atom. The molecular weight excluding hydrogens is 66.0 g/mol. The van der Waals surface area contributed by atoms with Gasteiger partial charge in [0.2, 0.25) is 5.91 Å². The van der Waals surface area contributed by atoms with Crippen LogP contribution in [0.15, 0.2) is 0 Å². The zero-order chi connectivity index (χ0) is 4.28. The van der Waals surface area contributed by atoms with Gasteiger partial charge < -0.3 is 5.32 Å². The van der Waals surface area contributed by atoms with Gasteiger partial charge in [0.1, 0.15) is 0 Å². The highest BCUT2D eigenvalue weighted by molar-refractivity contribution is 5.72. The molecule has 0 heterocycles. The molecule has 0 aliphatic heterocycles. The lowest BCUT2D eigenvalue weighted by molar-refractivity contribution is -0.118. The molecule has 0 aromatic rings. The third kappa shape index (κ3) is 3.47. The van der Waals surface area contributed by atoms with Gasteiger partial charge in [0, 0.05) is 6.92 Å². The molecule has 0 rings (SSSR count). The molecule has 28 valence electrons. The van der Waals surface area contributed by atoms with Crippen LogP contribution in [0.3, 0.4) is 0 Å². The summed E-state index contributed by atoms with van der Waals surface area (Å²) in [6.45, 7) is 1.35. The zero-order valence-electron chi connectivity index (χ0n) is 2.99. The fraction of sp³-hybridized carbons (Fsp3) is 0.333. The quantitative estimate of drug-likeness (QED) is 0.393. The van der Waals surface area contributed by atoms with E-state index in [2.05, 4.69) is 7.05 Å². The van der Waals surface area contributed by atoms with Crippen molar-refractivity contribution in [1.82, 2.24) is 5.32 Å². The predicted octanol–water partition coefficient (Wildman–Crippen LogP) is -0.209. The smallest absolute Gasteiger partial charge is 0.217 e. The van der Waals surface area contributed by atoms with E-state index in [0.29, 0.717) is 0 Å². The SMILES string of the molecule is [CH]NC(C)=O. The minimum Gasteiger partial charge on any atom is -0.349 e. The van der Waals surface area contributed by atoms with Crippen molar-refractivity contribution in [3.8, 4) is 0 Å². The van der Waals surface area contributed by atoms with E-state index < -0.39 is 0 Å². The minimum atomic E-state index is -0.218. The van der Waals surface area contributed by atoms with Crippen LogP contribution in [0.5, 0.6) is 0 Å². The van der Waals surface area contributed by atoms with E-state index in [9.17, 15) is 4.79 Å². The Hall–Kier alpha value is -0.530. The maximum Gasteiger partial charge on any atom is 0.217 e. The average Bonchev–Trinajstić information content (AvgIpc) is 1.38. The first-order valence-corrected chi connectivity index (χ1v) is 1.24. The van der Waals surface area contributed by atoms with Crippen molar-refractivity contribution in [2.75, 3.05) is 0 Å². The number of amides is 1. The van der Waals surface area contributed by atoms with Gasteiger partial charge in [-0.25, -0.2) is 0 Å². The van der Waals surface area contributed by atoms with Gasteiger partial charge >= 0.3 is 0 Å². The van der Waals surface area contributed by atoms with Crippen LogP contribution in [0.2, 0.25) is 0 Å². The van der Waals surface area contributed by atoms with E-state index >= 15 is 0 Å². The Labute approximate surface area is 31.2 Å².